The fraction of sp³-hybridized carbons (Fsp3) is 0.533. The first-order valence-corrected chi connectivity index (χ1v) is 6.69. The topological polar surface area (TPSA) is 63.3 Å². The summed E-state index contributed by atoms with van der Waals surface area (Å²) in [6.45, 7) is 2.09. The van der Waals surface area contributed by atoms with E-state index in [0.717, 1.165) is 31.2 Å². The Labute approximate surface area is 113 Å². The van der Waals surface area contributed by atoms with Crippen LogP contribution in [0.3, 0.4) is 0 Å². The zero-order valence-electron chi connectivity index (χ0n) is 11.3. The molecule has 3 nitrogen and oxygen atoms in total. The summed E-state index contributed by atoms with van der Waals surface area (Å²) in [5.74, 6) is -0.641. The van der Waals surface area contributed by atoms with E-state index in [9.17, 15) is 9.18 Å². The zero-order valence-corrected chi connectivity index (χ0v) is 11.3. The first-order valence-electron chi connectivity index (χ1n) is 6.69. The molecule has 0 aliphatic rings. The number of carbonyl (C=O) groups is 1. The molecule has 0 spiro atoms. The molecule has 3 N–H and O–H groups in total. The van der Waals surface area contributed by atoms with Gasteiger partial charge in [0.25, 0.3) is 0 Å². The number of hydrogen-bond donors (Lipinski definition) is 2. The fourth-order valence-corrected chi connectivity index (χ4v) is 2.25. The molecule has 0 aliphatic carbocycles. The molecule has 0 aromatic heterocycles. The highest BCUT2D eigenvalue weighted by atomic mass is 19.1. The molecular weight excluding hydrogens is 245 g/mol. The van der Waals surface area contributed by atoms with E-state index in [2.05, 4.69) is 6.92 Å². The smallest absolute Gasteiger partial charge is 0.304 e. The molecule has 0 radical (unpaired) electrons. The molecule has 106 valence electrons. The van der Waals surface area contributed by atoms with Gasteiger partial charge in [-0.05, 0) is 42.9 Å². The number of aliphatic carboxylic acids is 1. The molecule has 0 aliphatic heterocycles. The van der Waals surface area contributed by atoms with Gasteiger partial charge in [0.05, 0.1) is 6.42 Å². The highest BCUT2D eigenvalue weighted by molar-refractivity contribution is 5.67. The van der Waals surface area contributed by atoms with E-state index in [1.54, 1.807) is 12.1 Å². The molecule has 0 unspecified atom stereocenters. The second-order valence-electron chi connectivity index (χ2n) is 5.22. The largest absolute Gasteiger partial charge is 0.481 e. The average Bonchev–Trinajstić information content (AvgIpc) is 2.30. The van der Waals surface area contributed by atoms with E-state index in [1.807, 2.05) is 0 Å². The minimum absolute atomic E-state index is 0.0301. The summed E-state index contributed by atoms with van der Waals surface area (Å²) in [4.78, 5) is 10.5. The van der Waals surface area contributed by atoms with Gasteiger partial charge in [0.1, 0.15) is 5.82 Å². The van der Waals surface area contributed by atoms with Gasteiger partial charge in [-0.25, -0.2) is 4.39 Å². The number of halogens is 1. The molecule has 1 aromatic carbocycles. The lowest BCUT2D eigenvalue weighted by molar-refractivity contribution is -0.137. The van der Waals surface area contributed by atoms with Crippen LogP contribution >= 0.6 is 0 Å². The molecule has 1 rings (SSSR count). The van der Waals surface area contributed by atoms with Crippen LogP contribution in [0.25, 0.3) is 0 Å². The monoisotopic (exact) mass is 267 g/mol. The van der Waals surface area contributed by atoms with Crippen LogP contribution < -0.4 is 5.73 Å². The minimum Gasteiger partial charge on any atom is -0.481 e. The molecule has 0 heterocycles. The average molecular weight is 267 g/mol. The van der Waals surface area contributed by atoms with Crippen molar-refractivity contribution in [3.63, 3.8) is 0 Å². The summed E-state index contributed by atoms with van der Waals surface area (Å²) in [7, 11) is 0. The van der Waals surface area contributed by atoms with Gasteiger partial charge in [-0.3, -0.25) is 4.79 Å². The van der Waals surface area contributed by atoms with Crippen LogP contribution in [-0.2, 0) is 11.2 Å². The van der Waals surface area contributed by atoms with Crippen molar-refractivity contribution in [1.82, 2.24) is 0 Å². The van der Waals surface area contributed by atoms with Gasteiger partial charge in [-0.15, -0.1) is 0 Å². The molecule has 0 amide bonds. The van der Waals surface area contributed by atoms with Crippen LogP contribution in [0.5, 0.6) is 0 Å². The Bertz CT molecular complexity index is 392. The number of aryl methyl sites for hydroxylation is 1. The van der Waals surface area contributed by atoms with E-state index in [0.29, 0.717) is 5.92 Å². The second-order valence-corrected chi connectivity index (χ2v) is 5.22. The Balaban J connectivity index is 2.21. The third-order valence-electron chi connectivity index (χ3n) is 3.22. The highest BCUT2D eigenvalue weighted by Crippen LogP contribution is 2.16. The van der Waals surface area contributed by atoms with E-state index in [1.165, 1.54) is 12.1 Å². The van der Waals surface area contributed by atoms with Crippen molar-refractivity contribution in [2.45, 2.75) is 45.1 Å². The summed E-state index contributed by atoms with van der Waals surface area (Å²) < 4.78 is 12.7. The molecular formula is C15H22FNO2. The van der Waals surface area contributed by atoms with Gasteiger partial charge in [-0.2, -0.15) is 0 Å². The van der Waals surface area contributed by atoms with Gasteiger partial charge in [0.2, 0.25) is 0 Å². The predicted molar refractivity (Wildman–Crippen MR) is 73.3 cm³/mol. The summed E-state index contributed by atoms with van der Waals surface area (Å²) in [6.07, 6.45) is 3.69. The minimum atomic E-state index is -0.842. The second kappa shape index (κ2) is 7.89. The normalized spacial score (nSPS) is 14.1. The van der Waals surface area contributed by atoms with Gasteiger partial charge in [0.15, 0.2) is 0 Å². The first kappa shape index (κ1) is 15.6. The number of nitrogens with two attached hydrogens (primary N) is 1. The fourth-order valence-electron chi connectivity index (χ4n) is 2.25. The predicted octanol–water partition coefficient (Wildman–Crippen LogP) is 2.98. The third kappa shape index (κ3) is 6.91. The van der Waals surface area contributed by atoms with Crippen molar-refractivity contribution in [3.05, 3.63) is 35.6 Å². The van der Waals surface area contributed by atoms with Gasteiger partial charge in [0, 0.05) is 6.04 Å². The van der Waals surface area contributed by atoms with Crippen molar-refractivity contribution in [2.24, 2.45) is 11.7 Å². The SMILES string of the molecule is C[C@@H](CCCc1ccc(F)cc1)C[C@H](N)CC(=O)O. The Hall–Kier alpha value is -1.42. The van der Waals surface area contributed by atoms with Gasteiger partial charge in [-0.1, -0.05) is 25.5 Å². The molecule has 2 atom stereocenters. The first-order chi connectivity index (χ1) is 8.97. The molecule has 0 saturated carbocycles. The van der Waals surface area contributed by atoms with Crippen molar-refractivity contribution >= 4 is 5.97 Å². The third-order valence-corrected chi connectivity index (χ3v) is 3.22. The van der Waals surface area contributed by atoms with E-state index in [4.69, 9.17) is 10.8 Å². The maximum absolute atomic E-state index is 12.7. The lowest BCUT2D eigenvalue weighted by Gasteiger charge is -2.15. The van der Waals surface area contributed by atoms with Crippen molar-refractivity contribution in [3.8, 4) is 0 Å². The van der Waals surface area contributed by atoms with Crippen LogP contribution in [0, 0.1) is 11.7 Å². The molecule has 4 heteroatoms. The number of carboxylic acids is 1. The summed E-state index contributed by atoms with van der Waals surface area (Å²) >= 11 is 0. The van der Waals surface area contributed by atoms with Crippen molar-refractivity contribution in [1.29, 1.82) is 0 Å². The Morgan fingerprint density at radius 2 is 2.00 bits per heavy atom. The van der Waals surface area contributed by atoms with Gasteiger partial charge < -0.3 is 10.8 Å². The quantitative estimate of drug-likeness (QED) is 0.761. The van der Waals surface area contributed by atoms with Crippen LogP contribution in [0.1, 0.15) is 38.2 Å². The van der Waals surface area contributed by atoms with Crippen LogP contribution in [-0.4, -0.2) is 17.1 Å². The molecule has 0 bridgehead atoms. The van der Waals surface area contributed by atoms with E-state index < -0.39 is 5.97 Å². The molecule has 19 heavy (non-hydrogen) atoms. The Kier molecular flexibility index (Phi) is 6.50. The zero-order chi connectivity index (χ0) is 14.3. The summed E-state index contributed by atoms with van der Waals surface area (Å²) in [5.41, 5.74) is 6.88. The van der Waals surface area contributed by atoms with Crippen LogP contribution in [0.15, 0.2) is 24.3 Å². The van der Waals surface area contributed by atoms with Crippen molar-refractivity contribution in [2.75, 3.05) is 0 Å². The van der Waals surface area contributed by atoms with E-state index >= 15 is 0 Å². The summed E-state index contributed by atoms with van der Waals surface area (Å²) in [6, 6.07) is 6.29. The highest BCUT2D eigenvalue weighted by Gasteiger charge is 2.12. The van der Waals surface area contributed by atoms with Gasteiger partial charge >= 0.3 is 5.97 Å². The molecule has 1 aromatic rings. The lowest BCUT2D eigenvalue weighted by Crippen LogP contribution is -2.26. The number of benzene rings is 1. The van der Waals surface area contributed by atoms with Crippen LogP contribution in [0.4, 0.5) is 4.39 Å². The Morgan fingerprint density at radius 3 is 2.58 bits per heavy atom. The molecule has 0 saturated heterocycles. The Morgan fingerprint density at radius 1 is 1.37 bits per heavy atom. The molecule has 0 fully saturated rings. The standard InChI is InChI=1S/C15H22FNO2/c1-11(9-14(17)10-15(18)19)3-2-4-12-5-7-13(16)8-6-12/h5-8,11,14H,2-4,9-10,17H2,1H3,(H,18,19)/t11-,14-/m0/s1. The number of hydrogen-bond acceptors (Lipinski definition) is 2. The lowest BCUT2D eigenvalue weighted by atomic mass is 9.94. The van der Waals surface area contributed by atoms with Crippen molar-refractivity contribution < 1.29 is 14.3 Å². The van der Waals surface area contributed by atoms with E-state index in [-0.39, 0.29) is 18.3 Å². The maximum Gasteiger partial charge on any atom is 0.304 e. The maximum atomic E-state index is 12.7. The summed E-state index contributed by atoms with van der Waals surface area (Å²) in [5, 5.41) is 8.63. The number of carboxylic acid groups (broad SMARTS) is 1. The van der Waals surface area contributed by atoms with Crippen LogP contribution in [0.2, 0.25) is 0 Å². The number of rotatable bonds is 8.